The normalized spacial score (nSPS) is 17.7. The molecule has 1 unspecified atom stereocenters. The Hall–Kier alpha value is -1.47. The monoisotopic (exact) mass is 465 g/mol. The van der Waals surface area contributed by atoms with Gasteiger partial charge in [0.15, 0.2) is 0 Å². The van der Waals surface area contributed by atoms with E-state index in [1.807, 2.05) is 31.2 Å². The van der Waals surface area contributed by atoms with Crippen molar-refractivity contribution in [3.8, 4) is 0 Å². The van der Waals surface area contributed by atoms with Crippen molar-refractivity contribution in [2.75, 3.05) is 19.7 Å². The van der Waals surface area contributed by atoms with Crippen molar-refractivity contribution >= 4 is 38.4 Å². The van der Waals surface area contributed by atoms with Crippen LogP contribution in [0.5, 0.6) is 0 Å². The molecular formula is C21H22BrClFN3O. The molecule has 0 amide bonds. The summed E-state index contributed by atoms with van der Waals surface area (Å²) in [7, 11) is 0. The topological polar surface area (TPSA) is 49.9 Å². The predicted molar refractivity (Wildman–Crippen MR) is 113 cm³/mol. The highest BCUT2D eigenvalue weighted by Crippen LogP contribution is 2.37. The number of H-pyrrole nitrogens is 1. The van der Waals surface area contributed by atoms with Crippen LogP contribution in [0, 0.1) is 5.82 Å². The number of benzene rings is 2. The summed E-state index contributed by atoms with van der Waals surface area (Å²) in [4.78, 5) is 0. The fraction of sp³-hybridized carbons (Fsp3) is 0.381. The van der Waals surface area contributed by atoms with Gasteiger partial charge in [0.25, 0.3) is 0 Å². The summed E-state index contributed by atoms with van der Waals surface area (Å²) in [5, 5.41) is 12.3. The molecule has 0 aliphatic carbocycles. The molecule has 2 aromatic carbocycles. The summed E-state index contributed by atoms with van der Waals surface area (Å²) in [6, 6.07) is 10.6. The number of piperidine rings is 1. The first-order valence-electron chi connectivity index (χ1n) is 9.40. The number of aromatic amines is 1. The molecule has 0 radical (unpaired) electrons. The Balaban J connectivity index is 1.60. The van der Waals surface area contributed by atoms with E-state index in [0.29, 0.717) is 11.6 Å². The predicted octanol–water partition coefficient (Wildman–Crippen LogP) is 5.52. The van der Waals surface area contributed by atoms with Gasteiger partial charge in [-0.05, 0) is 78.6 Å². The zero-order valence-electron chi connectivity index (χ0n) is 15.6. The number of rotatable bonds is 5. The lowest BCUT2D eigenvalue weighted by molar-refractivity contribution is 0.0172. The summed E-state index contributed by atoms with van der Waals surface area (Å²) < 4.78 is 20.6. The van der Waals surface area contributed by atoms with Gasteiger partial charge in [-0.15, -0.1) is 0 Å². The van der Waals surface area contributed by atoms with Gasteiger partial charge in [-0.25, -0.2) is 4.39 Å². The Morgan fingerprint density at radius 2 is 1.96 bits per heavy atom. The molecule has 4 rings (SSSR count). The molecule has 0 saturated carbocycles. The van der Waals surface area contributed by atoms with Crippen molar-refractivity contribution in [3.05, 3.63) is 63.0 Å². The third-order valence-corrected chi connectivity index (χ3v) is 6.49. The van der Waals surface area contributed by atoms with Crippen LogP contribution in [0.4, 0.5) is 4.39 Å². The number of nitrogens with zero attached hydrogens (tertiary/aromatic N) is 1. The molecule has 0 spiro atoms. The Labute approximate surface area is 176 Å². The number of ether oxygens (including phenoxy) is 1. The van der Waals surface area contributed by atoms with E-state index in [0.717, 1.165) is 52.6 Å². The van der Waals surface area contributed by atoms with E-state index in [9.17, 15) is 4.39 Å². The van der Waals surface area contributed by atoms with Crippen LogP contribution in [0.15, 0.2) is 41.0 Å². The molecule has 1 aliphatic rings. The van der Waals surface area contributed by atoms with Crippen LogP contribution >= 0.6 is 27.5 Å². The van der Waals surface area contributed by atoms with Gasteiger partial charge in [0.05, 0.1) is 18.2 Å². The van der Waals surface area contributed by atoms with Gasteiger partial charge < -0.3 is 10.1 Å². The highest BCUT2D eigenvalue weighted by atomic mass is 79.9. The molecule has 1 aromatic heterocycles. The van der Waals surface area contributed by atoms with Crippen molar-refractivity contribution in [3.63, 3.8) is 0 Å². The van der Waals surface area contributed by atoms with Crippen molar-refractivity contribution in [2.45, 2.75) is 31.3 Å². The lowest BCUT2D eigenvalue weighted by atomic mass is 9.74. The molecule has 7 heteroatoms. The molecule has 0 bridgehead atoms. The highest BCUT2D eigenvalue weighted by molar-refractivity contribution is 9.10. The van der Waals surface area contributed by atoms with Crippen LogP contribution < -0.4 is 5.32 Å². The smallest absolute Gasteiger partial charge is 0.123 e. The first kappa shape index (κ1) is 19.8. The molecule has 28 heavy (non-hydrogen) atoms. The van der Waals surface area contributed by atoms with Crippen LogP contribution in [0.3, 0.4) is 0 Å². The minimum atomic E-state index is -0.215. The molecule has 2 N–H and O–H groups in total. The number of fused-ring (bicyclic) bond motifs is 1. The lowest BCUT2D eigenvalue weighted by Gasteiger charge is -2.38. The fourth-order valence-electron chi connectivity index (χ4n) is 3.99. The number of hydrogen-bond acceptors (Lipinski definition) is 3. The minimum Gasteiger partial charge on any atom is -0.373 e. The first-order valence-corrected chi connectivity index (χ1v) is 10.6. The van der Waals surface area contributed by atoms with Gasteiger partial charge in [-0.2, -0.15) is 5.10 Å². The summed E-state index contributed by atoms with van der Waals surface area (Å²) in [5.74, 6) is -0.215. The fourth-order valence-corrected chi connectivity index (χ4v) is 4.60. The molecule has 4 nitrogen and oxygen atoms in total. The first-order chi connectivity index (χ1) is 13.5. The van der Waals surface area contributed by atoms with Crippen molar-refractivity contribution < 1.29 is 9.13 Å². The number of nitrogens with one attached hydrogen (secondary N) is 2. The van der Waals surface area contributed by atoms with Crippen LogP contribution in [0.25, 0.3) is 10.9 Å². The van der Waals surface area contributed by atoms with Gasteiger partial charge in [-0.1, -0.05) is 23.7 Å². The third kappa shape index (κ3) is 3.83. The van der Waals surface area contributed by atoms with Crippen molar-refractivity contribution in [1.29, 1.82) is 0 Å². The maximum atomic E-state index is 13.4. The van der Waals surface area contributed by atoms with E-state index in [-0.39, 0.29) is 17.3 Å². The second-order valence-electron chi connectivity index (χ2n) is 7.42. The summed E-state index contributed by atoms with van der Waals surface area (Å²) in [5.41, 5.74) is 2.80. The summed E-state index contributed by atoms with van der Waals surface area (Å²) in [6.45, 7) is 4.42. The molecule has 1 saturated heterocycles. The molecule has 1 atom stereocenters. The van der Waals surface area contributed by atoms with E-state index in [2.05, 4.69) is 31.4 Å². The molecule has 148 valence electrons. The van der Waals surface area contributed by atoms with Gasteiger partial charge >= 0.3 is 0 Å². The van der Waals surface area contributed by atoms with E-state index in [1.54, 1.807) is 0 Å². The zero-order chi connectivity index (χ0) is 19.7. The SMILES string of the molecule is CC(OCC1(c2ccc(F)cc2)CCNCC1)c1cc(Cl)cc2c(Br)[nH]nc12. The standard InChI is InChI=1S/C21H22BrClFN3O/c1-13(17-10-15(23)11-18-19(17)26-27-20(18)22)28-12-21(6-8-25-9-7-21)14-2-4-16(24)5-3-14/h2-5,10-11,13,25H,6-9,12H2,1H3,(H,26,27). The Bertz CT molecular complexity index is 970. The molecule has 1 fully saturated rings. The number of hydrogen-bond donors (Lipinski definition) is 2. The lowest BCUT2D eigenvalue weighted by Crippen LogP contribution is -2.43. The van der Waals surface area contributed by atoms with Crippen molar-refractivity contribution in [2.24, 2.45) is 0 Å². The van der Waals surface area contributed by atoms with E-state index < -0.39 is 0 Å². The molecule has 1 aliphatic heterocycles. The van der Waals surface area contributed by atoms with Crippen LogP contribution in [-0.4, -0.2) is 29.9 Å². The van der Waals surface area contributed by atoms with E-state index >= 15 is 0 Å². The summed E-state index contributed by atoms with van der Waals surface area (Å²) >= 11 is 9.80. The third-order valence-electron chi connectivity index (χ3n) is 5.67. The van der Waals surface area contributed by atoms with Crippen LogP contribution in [0.2, 0.25) is 5.02 Å². The second-order valence-corrected chi connectivity index (χ2v) is 8.65. The second kappa shape index (κ2) is 8.11. The van der Waals surface area contributed by atoms with Gasteiger partial charge in [0.2, 0.25) is 0 Å². The van der Waals surface area contributed by atoms with E-state index in [4.69, 9.17) is 16.3 Å². The Morgan fingerprint density at radius 3 is 2.68 bits per heavy atom. The Morgan fingerprint density at radius 1 is 1.25 bits per heavy atom. The maximum Gasteiger partial charge on any atom is 0.123 e. The van der Waals surface area contributed by atoms with Gasteiger partial charge in [0, 0.05) is 21.4 Å². The average Bonchev–Trinajstić information content (AvgIpc) is 3.07. The Kier molecular flexibility index (Phi) is 5.74. The quantitative estimate of drug-likeness (QED) is 0.521. The van der Waals surface area contributed by atoms with Crippen LogP contribution in [-0.2, 0) is 10.2 Å². The minimum absolute atomic E-state index is 0.128. The largest absolute Gasteiger partial charge is 0.373 e. The van der Waals surface area contributed by atoms with Crippen molar-refractivity contribution in [1.82, 2.24) is 15.5 Å². The maximum absolute atomic E-state index is 13.4. The molecule has 3 aromatic rings. The van der Waals surface area contributed by atoms with Crippen LogP contribution in [0.1, 0.15) is 37.0 Å². The average molecular weight is 467 g/mol. The van der Waals surface area contributed by atoms with E-state index in [1.165, 1.54) is 12.1 Å². The molecular weight excluding hydrogens is 445 g/mol. The zero-order valence-corrected chi connectivity index (χ0v) is 17.9. The van der Waals surface area contributed by atoms with Gasteiger partial charge in [-0.3, -0.25) is 5.10 Å². The molecule has 2 heterocycles. The highest BCUT2D eigenvalue weighted by Gasteiger charge is 2.35. The summed E-state index contributed by atoms with van der Waals surface area (Å²) in [6.07, 6.45) is 1.72. The van der Waals surface area contributed by atoms with Gasteiger partial charge in [0.1, 0.15) is 10.4 Å². The number of halogens is 3. The number of aromatic nitrogens is 2.